The van der Waals surface area contributed by atoms with Gasteiger partial charge < -0.3 is 0 Å². The van der Waals surface area contributed by atoms with Crippen molar-refractivity contribution >= 4 is 17.7 Å². The normalized spacial score (nSPS) is 12.1. The van der Waals surface area contributed by atoms with Gasteiger partial charge in [0.25, 0.3) is 0 Å². The van der Waals surface area contributed by atoms with E-state index in [1.807, 2.05) is 6.07 Å². The summed E-state index contributed by atoms with van der Waals surface area (Å²) in [5.41, 5.74) is 0. The monoisotopic (exact) mass is 185 g/mol. The molecular weight excluding hydrogens is 170 g/mol. The first-order chi connectivity index (χ1) is 5.72. The number of carbonyl (C=O) groups is 1. The average Bonchev–Trinajstić information content (AvgIpc) is 2.04. The predicted molar refractivity (Wildman–Crippen MR) is 51.9 cm³/mol. The Bertz CT molecular complexity index is 174. The molecule has 0 aromatic rings. The molecular formula is C9H15NOS. The van der Waals surface area contributed by atoms with Crippen molar-refractivity contribution in [2.75, 3.05) is 0 Å². The summed E-state index contributed by atoms with van der Waals surface area (Å²) in [5.74, 6) is -0.495. The molecule has 0 aromatic carbocycles. The highest BCUT2D eigenvalue weighted by Gasteiger charge is 2.12. The van der Waals surface area contributed by atoms with E-state index >= 15 is 0 Å². The third-order valence-electron chi connectivity index (χ3n) is 1.80. The van der Waals surface area contributed by atoms with Gasteiger partial charge in [0.1, 0.15) is 5.92 Å². The van der Waals surface area contributed by atoms with Crippen molar-refractivity contribution in [3.63, 3.8) is 0 Å². The molecule has 0 aliphatic rings. The van der Waals surface area contributed by atoms with Crippen LogP contribution in [-0.4, -0.2) is 5.12 Å². The lowest BCUT2D eigenvalue weighted by Gasteiger charge is -2.02. The fourth-order valence-corrected chi connectivity index (χ4v) is 1.21. The maximum absolute atomic E-state index is 10.7. The van der Waals surface area contributed by atoms with Gasteiger partial charge in [-0.3, -0.25) is 4.79 Å². The quantitative estimate of drug-likeness (QED) is 0.510. The highest BCUT2D eigenvalue weighted by molar-refractivity contribution is 7.96. The third-order valence-corrected chi connectivity index (χ3v) is 2.11. The van der Waals surface area contributed by atoms with E-state index in [1.165, 1.54) is 12.8 Å². The molecule has 0 aromatic heterocycles. The van der Waals surface area contributed by atoms with Crippen molar-refractivity contribution < 1.29 is 4.79 Å². The Labute approximate surface area is 79.4 Å². The van der Waals surface area contributed by atoms with Gasteiger partial charge in [-0.15, -0.1) is 12.6 Å². The second kappa shape index (κ2) is 7.17. The molecule has 1 unspecified atom stereocenters. The molecule has 0 radical (unpaired) electrons. The van der Waals surface area contributed by atoms with Crippen LogP contribution in [0, 0.1) is 17.2 Å². The van der Waals surface area contributed by atoms with E-state index < -0.39 is 5.92 Å². The number of hydrogen-bond acceptors (Lipinski definition) is 2. The molecule has 68 valence electrons. The molecule has 0 aliphatic heterocycles. The summed E-state index contributed by atoms with van der Waals surface area (Å²) in [6.45, 7) is 2.13. The lowest BCUT2D eigenvalue weighted by molar-refractivity contribution is -0.112. The lowest BCUT2D eigenvalue weighted by Crippen LogP contribution is -2.05. The molecule has 2 nitrogen and oxygen atoms in total. The summed E-state index contributed by atoms with van der Waals surface area (Å²) >= 11 is 3.64. The molecule has 0 N–H and O–H groups in total. The number of unbranched alkanes of at least 4 members (excludes halogenated alkanes) is 3. The number of nitrogens with zero attached hydrogens (tertiary/aromatic N) is 1. The zero-order valence-electron chi connectivity index (χ0n) is 7.42. The zero-order valence-corrected chi connectivity index (χ0v) is 8.31. The van der Waals surface area contributed by atoms with Crippen LogP contribution in [0.15, 0.2) is 0 Å². The first-order valence-electron chi connectivity index (χ1n) is 4.34. The molecule has 0 aliphatic carbocycles. The van der Waals surface area contributed by atoms with Crippen LogP contribution in [-0.2, 0) is 4.79 Å². The number of thiol groups is 1. The van der Waals surface area contributed by atoms with Gasteiger partial charge in [-0.2, -0.15) is 5.26 Å². The van der Waals surface area contributed by atoms with Crippen LogP contribution >= 0.6 is 12.6 Å². The summed E-state index contributed by atoms with van der Waals surface area (Å²) in [5, 5.41) is 8.24. The van der Waals surface area contributed by atoms with Crippen LogP contribution in [0.1, 0.15) is 39.0 Å². The van der Waals surface area contributed by atoms with Crippen molar-refractivity contribution in [2.24, 2.45) is 5.92 Å². The number of nitriles is 1. The Hall–Kier alpha value is -0.490. The van der Waals surface area contributed by atoms with Gasteiger partial charge in [0.2, 0.25) is 5.12 Å². The van der Waals surface area contributed by atoms with Crippen LogP contribution in [0.2, 0.25) is 0 Å². The van der Waals surface area contributed by atoms with Gasteiger partial charge in [0.05, 0.1) is 6.07 Å². The Balaban J connectivity index is 3.47. The molecule has 0 bridgehead atoms. The highest BCUT2D eigenvalue weighted by atomic mass is 32.1. The first kappa shape index (κ1) is 11.5. The van der Waals surface area contributed by atoms with E-state index in [4.69, 9.17) is 5.26 Å². The van der Waals surface area contributed by atoms with Crippen LogP contribution in [0.25, 0.3) is 0 Å². The Kier molecular flexibility index (Phi) is 6.88. The molecule has 3 heteroatoms. The minimum absolute atomic E-state index is 0.297. The van der Waals surface area contributed by atoms with E-state index in [0.29, 0.717) is 6.42 Å². The second-order valence-electron chi connectivity index (χ2n) is 2.87. The number of rotatable bonds is 6. The Morgan fingerprint density at radius 2 is 2.17 bits per heavy atom. The van der Waals surface area contributed by atoms with Crippen molar-refractivity contribution in [1.29, 1.82) is 5.26 Å². The molecule has 0 heterocycles. The molecule has 0 amide bonds. The molecule has 0 fully saturated rings. The summed E-state index contributed by atoms with van der Waals surface area (Å²) in [4.78, 5) is 10.7. The summed E-state index contributed by atoms with van der Waals surface area (Å²) < 4.78 is 0. The van der Waals surface area contributed by atoms with Crippen molar-refractivity contribution in [3.05, 3.63) is 0 Å². The lowest BCUT2D eigenvalue weighted by atomic mass is 10.0. The SMILES string of the molecule is CCCCCCC(C#N)C(=O)S. The molecule has 12 heavy (non-hydrogen) atoms. The maximum Gasteiger partial charge on any atom is 0.203 e. The second-order valence-corrected chi connectivity index (χ2v) is 3.31. The summed E-state index contributed by atoms with van der Waals surface area (Å²) in [6.07, 6.45) is 5.08. The van der Waals surface area contributed by atoms with Gasteiger partial charge in [-0.05, 0) is 6.42 Å². The largest absolute Gasteiger partial charge is 0.286 e. The molecule has 1 atom stereocenters. The van der Waals surface area contributed by atoms with Gasteiger partial charge in [-0.1, -0.05) is 32.6 Å². The fraction of sp³-hybridized carbons (Fsp3) is 0.778. The summed E-state index contributed by atoms with van der Waals surface area (Å²) in [6, 6.07) is 1.95. The average molecular weight is 185 g/mol. The summed E-state index contributed by atoms with van der Waals surface area (Å²) in [7, 11) is 0. The van der Waals surface area contributed by atoms with Gasteiger partial charge in [-0.25, -0.2) is 0 Å². The number of carbonyl (C=O) groups excluding carboxylic acids is 1. The van der Waals surface area contributed by atoms with Gasteiger partial charge in [0.15, 0.2) is 0 Å². The van der Waals surface area contributed by atoms with E-state index in [9.17, 15) is 4.79 Å². The third kappa shape index (κ3) is 5.20. The van der Waals surface area contributed by atoms with Crippen LogP contribution in [0.4, 0.5) is 0 Å². The smallest absolute Gasteiger partial charge is 0.203 e. The van der Waals surface area contributed by atoms with E-state index in [2.05, 4.69) is 19.6 Å². The van der Waals surface area contributed by atoms with Gasteiger partial charge >= 0.3 is 0 Å². The number of hydrogen-bond donors (Lipinski definition) is 1. The maximum atomic E-state index is 10.7. The molecule has 0 saturated heterocycles. The molecule has 0 spiro atoms. The minimum atomic E-state index is -0.495. The predicted octanol–water partition coefficient (Wildman–Crippen LogP) is 2.55. The van der Waals surface area contributed by atoms with E-state index in [-0.39, 0.29) is 5.12 Å². The van der Waals surface area contributed by atoms with Crippen molar-refractivity contribution in [1.82, 2.24) is 0 Å². The Morgan fingerprint density at radius 3 is 2.58 bits per heavy atom. The van der Waals surface area contributed by atoms with Crippen molar-refractivity contribution in [2.45, 2.75) is 39.0 Å². The molecule has 0 saturated carbocycles. The highest BCUT2D eigenvalue weighted by Crippen LogP contribution is 2.12. The fourth-order valence-electron chi connectivity index (χ4n) is 1.02. The standard InChI is InChI=1S/C9H15NOS/c1-2-3-4-5-6-8(7-10)9(11)12/h8H,2-6H2,1H3,(H,11,12). The molecule has 0 rings (SSSR count). The van der Waals surface area contributed by atoms with Crippen LogP contribution in [0.3, 0.4) is 0 Å². The van der Waals surface area contributed by atoms with Crippen LogP contribution in [0.5, 0.6) is 0 Å². The Morgan fingerprint density at radius 1 is 1.50 bits per heavy atom. The van der Waals surface area contributed by atoms with E-state index in [0.717, 1.165) is 12.8 Å². The van der Waals surface area contributed by atoms with Crippen molar-refractivity contribution in [3.8, 4) is 6.07 Å². The van der Waals surface area contributed by atoms with E-state index in [1.54, 1.807) is 0 Å². The zero-order chi connectivity index (χ0) is 9.40. The van der Waals surface area contributed by atoms with Crippen LogP contribution < -0.4 is 0 Å². The first-order valence-corrected chi connectivity index (χ1v) is 4.79. The topological polar surface area (TPSA) is 40.9 Å². The minimum Gasteiger partial charge on any atom is -0.286 e. The van der Waals surface area contributed by atoms with Gasteiger partial charge in [0, 0.05) is 0 Å².